The molecule has 0 radical (unpaired) electrons. The predicted molar refractivity (Wildman–Crippen MR) is 82.2 cm³/mol. The van der Waals surface area contributed by atoms with Crippen molar-refractivity contribution in [3.05, 3.63) is 70.5 Å². The van der Waals surface area contributed by atoms with Gasteiger partial charge in [-0.05, 0) is 47.2 Å². The molecule has 0 heterocycles. The second-order valence-electron chi connectivity index (χ2n) is 5.57. The lowest BCUT2D eigenvalue weighted by atomic mass is 10.0. The minimum atomic E-state index is -0.171. The van der Waals surface area contributed by atoms with Gasteiger partial charge >= 0.3 is 0 Å². The molecule has 1 N–H and O–H groups in total. The van der Waals surface area contributed by atoms with E-state index in [4.69, 9.17) is 0 Å². The third-order valence-corrected chi connectivity index (χ3v) is 3.60. The van der Waals surface area contributed by atoms with Crippen molar-refractivity contribution in [3.63, 3.8) is 0 Å². The quantitative estimate of drug-likeness (QED) is 0.841. The van der Waals surface area contributed by atoms with E-state index in [-0.39, 0.29) is 5.82 Å². The van der Waals surface area contributed by atoms with Crippen LogP contribution in [0.4, 0.5) is 4.39 Å². The molecular formula is C18H22FN. The fourth-order valence-electron chi connectivity index (χ4n) is 2.22. The first kappa shape index (κ1) is 14.7. The Morgan fingerprint density at radius 2 is 1.70 bits per heavy atom. The minimum Gasteiger partial charge on any atom is -0.309 e. The molecule has 0 fully saturated rings. The Morgan fingerprint density at radius 1 is 1.00 bits per heavy atom. The highest BCUT2D eigenvalue weighted by Gasteiger charge is 2.01. The van der Waals surface area contributed by atoms with Gasteiger partial charge in [0.05, 0.1) is 0 Å². The van der Waals surface area contributed by atoms with E-state index in [1.165, 1.54) is 17.2 Å². The van der Waals surface area contributed by atoms with E-state index >= 15 is 0 Å². The van der Waals surface area contributed by atoms with Crippen LogP contribution in [0, 0.1) is 12.7 Å². The van der Waals surface area contributed by atoms with Crippen LogP contribution in [0.1, 0.15) is 42.0 Å². The summed E-state index contributed by atoms with van der Waals surface area (Å²) in [5, 5.41) is 3.40. The van der Waals surface area contributed by atoms with E-state index in [1.807, 2.05) is 13.0 Å². The van der Waals surface area contributed by atoms with Crippen molar-refractivity contribution in [2.75, 3.05) is 0 Å². The fourth-order valence-corrected chi connectivity index (χ4v) is 2.22. The van der Waals surface area contributed by atoms with E-state index in [9.17, 15) is 4.39 Å². The van der Waals surface area contributed by atoms with Crippen molar-refractivity contribution < 1.29 is 4.39 Å². The van der Waals surface area contributed by atoms with E-state index < -0.39 is 0 Å². The second-order valence-corrected chi connectivity index (χ2v) is 5.57. The summed E-state index contributed by atoms with van der Waals surface area (Å²) in [5.41, 5.74) is 4.77. The predicted octanol–water partition coefficient (Wildman–Crippen LogP) is 4.55. The van der Waals surface area contributed by atoms with Crippen LogP contribution in [0.2, 0.25) is 0 Å². The maximum atomic E-state index is 13.0. The summed E-state index contributed by atoms with van der Waals surface area (Å²) in [4.78, 5) is 0. The van der Waals surface area contributed by atoms with Crippen molar-refractivity contribution >= 4 is 0 Å². The topological polar surface area (TPSA) is 12.0 Å². The SMILES string of the molecule is Cc1cc(F)ccc1CNCc1ccc(C(C)C)cc1. The molecule has 0 bridgehead atoms. The maximum absolute atomic E-state index is 13.0. The minimum absolute atomic E-state index is 0.171. The van der Waals surface area contributed by atoms with Gasteiger partial charge in [0.2, 0.25) is 0 Å². The summed E-state index contributed by atoms with van der Waals surface area (Å²) >= 11 is 0. The Labute approximate surface area is 120 Å². The van der Waals surface area contributed by atoms with E-state index in [0.29, 0.717) is 5.92 Å². The number of hydrogen-bond acceptors (Lipinski definition) is 1. The normalized spacial score (nSPS) is 11.1. The van der Waals surface area contributed by atoms with Crippen LogP contribution in [-0.4, -0.2) is 0 Å². The average molecular weight is 271 g/mol. The lowest BCUT2D eigenvalue weighted by Gasteiger charge is -2.09. The van der Waals surface area contributed by atoms with Gasteiger partial charge in [0, 0.05) is 13.1 Å². The van der Waals surface area contributed by atoms with Crippen LogP contribution >= 0.6 is 0 Å². The van der Waals surface area contributed by atoms with Gasteiger partial charge < -0.3 is 5.32 Å². The van der Waals surface area contributed by atoms with Gasteiger partial charge in [-0.25, -0.2) is 4.39 Å². The molecule has 0 aliphatic carbocycles. The molecule has 2 rings (SSSR count). The Balaban J connectivity index is 1.89. The van der Waals surface area contributed by atoms with Gasteiger partial charge in [0.1, 0.15) is 5.82 Å². The lowest BCUT2D eigenvalue weighted by Crippen LogP contribution is -2.13. The highest BCUT2D eigenvalue weighted by atomic mass is 19.1. The van der Waals surface area contributed by atoms with Gasteiger partial charge in [0.15, 0.2) is 0 Å². The number of aryl methyl sites for hydroxylation is 1. The third-order valence-electron chi connectivity index (χ3n) is 3.60. The van der Waals surface area contributed by atoms with Crippen molar-refractivity contribution in [1.82, 2.24) is 5.32 Å². The second kappa shape index (κ2) is 6.67. The number of nitrogens with one attached hydrogen (secondary N) is 1. The van der Waals surface area contributed by atoms with Crippen LogP contribution < -0.4 is 5.32 Å². The molecule has 1 nitrogen and oxygen atoms in total. The van der Waals surface area contributed by atoms with Gasteiger partial charge in [-0.3, -0.25) is 0 Å². The first-order valence-electron chi connectivity index (χ1n) is 7.11. The zero-order chi connectivity index (χ0) is 14.5. The van der Waals surface area contributed by atoms with Crippen molar-refractivity contribution in [2.45, 2.75) is 39.8 Å². The highest BCUT2D eigenvalue weighted by Crippen LogP contribution is 2.15. The summed E-state index contributed by atoms with van der Waals surface area (Å²) in [5.74, 6) is 0.398. The van der Waals surface area contributed by atoms with Crippen LogP contribution in [0.3, 0.4) is 0 Å². The number of halogens is 1. The molecule has 2 aromatic rings. The standard InChI is InChI=1S/C18H22FN/c1-13(2)16-6-4-15(5-7-16)11-20-12-17-8-9-18(19)10-14(17)3/h4-10,13,20H,11-12H2,1-3H3. The van der Waals surface area contributed by atoms with Crippen molar-refractivity contribution in [1.29, 1.82) is 0 Å². The smallest absolute Gasteiger partial charge is 0.123 e. The molecule has 0 atom stereocenters. The summed E-state index contributed by atoms with van der Waals surface area (Å²) in [6.45, 7) is 7.93. The molecule has 0 unspecified atom stereocenters. The molecule has 0 saturated heterocycles. The Kier molecular flexibility index (Phi) is 4.91. The Hall–Kier alpha value is -1.67. The first-order valence-corrected chi connectivity index (χ1v) is 7.11. The third kappa shape index (κ3) is 3.91. The number of rotatable bonds is 5. The summed E-state index contributed by atoms with van der Waals surface area (Å²) in [6, 6.07) is 13.6. The van der Waals surface area contributed by atoms with Crippen LogP contribution in [-0.2, 0) is 13.1 Å². The molecule has 0 saturated carbocycles. The molecule has 2 aromatic carbocycles. The van der Waals surface area contributed by atoms with Crippen LogP contribution in [0.15, 0.2) is 42.5 Å². The molecule has 0 aliphatic heterocycles. The highest BCUT2D eigenvalue weighted by molar-refractivity contribution is 5.27. The van der Waals surface area contributed by atoms with E-state index in [2.05, 4.69) is 43.4 Å². The molecule has 0 amide bonds. The summed E-state index contributed by atoms with van der Waals surface area (Å²) in [6.07, 6.45) is 0. The zero-order valence-electron chi connectivity index (χ0n) is 12.4. The van der Waals surface area contributed by atoms with Crippen LogP contribution in [0.5, 0.6) is 0 Å². The molecule has 2 heteroatoms. The van der Waals surface area contributed by atoms with Gasteiger partial charge in [0.25, 0.3) is 0 Å². The Morgan fingerprint density at radius 3 is 2.30 bits per heavy atom. The van der Waals surface area contributed by atoms with Crippen molar-refractivity contribution in [2.24, 2.45) is 0 Å². The van der Waals surface area contributed by atoms with E-state index in [1.54, 1.807) is 6.07 Å². The number of hydrogen-bond donors (Lipinski definition) is 1. The van der Waals surface area contributed by atoms with Crippen molar-refractivity contribution in [3.8, 4) is 0 Å². The monoisotopic (exact) mass is 271 g/mol. The van der Waals surface area contributed by atoms with Gasteiger partial charge in [-0.15, -0.1) is 0 Å². The molecular weight excluding hydrogens is 249 g/mol. The van der Waals surface area contributed by atoms with Crippen LogP contribution in [0.25, 0.3) is 0 Å². The number of benzene rings is 2. The fraction of sp³-hybridized carbons (Fsp3) is 0.333. The largest absolute Gasteiger partial charge is 0.309 e. The average Bonchev–Trinajstić information content (AvgIpc) is 2.42. The molecule has 0 aliphatic rings. The Bertz CT molecular complexity index is 558. The molecule has 0 spiro atoms. The summed E-state index contributed by atoms with van der Waals surface area (Å²) in [7, 11) is 0. The maximum Gasteiger partial charge on any atom is 0.123 e. The van der Waals surface area contributed by atoms with Gasteiger partial charge in [-0.2, -0.15) is 0 Å². The molecule has 106 valence electrons. The van der Waals surface area contributed by atoms with E-state index in [0.717, 1.165) is 24.2 Å². The molecule has 20 heavy (non-hydrogen) atoms. The first-order chi connectivity index (χ1) is 9.56. The summed E-state index contributed by atoms with van der Waals surface area (Å²) < 4.78 is 13.0. The molecule has 0 aromatic heterocycles. The lowest BCUT2D eigenvalue weighted by molar-refractivity contribution is 0.623. The zero-order valence-corrected chi connectivity index (χ0v) is 12.4. The van der Waals surface area contributed by atoms with Gasteiger partial charge in [-0.1, -0.05) is 44.2 Å².